The van der Waals surface area contributed by atoms with Gasteiger partial charge in [0, 0.05) is 49.7 Å². The number of aryl methyl sites for hydroxylation is 1. The molecule has 3 aromatic heterocycles. The highest BCUT2D eigenvalue weighted by Crippen LogP contribution is 2.43. The monoisotopic (exact) mass is 493 g/mol. The molecule has 2 saturated heterocycles. The van der Waals surface area contributed by atoms with Gasteiger partial charge in [-0.3, -0.25) is 14.7 Å². The number of oxazole rings is 1. The van der Waals surface area contributed by atoms with Crippen LogP contribution in [0.15, 0.2) is 40.8 Å². The van der Waals surface area contributed by atoms with Crippen molar-refractivity contribution in [1.29, 1.82) is 0 Å². The Morgan fingerprint density at radius 1 is 1.17 bits per heavy atom. The van der Waals surface area contributed by atoms with Crippen molar-refractivity contribution in [2.75, 3.05) is 54.1 Å². The minimum atomic E-state index is -0.665. The van der Waals surface area contributed by atoms with Gasteiger partial charge in [-0.05, 0) is 25.5 Å². The number of anilines is 3. The number of β-amino-alcohol motifs (C(OH)–C–C–N with tert-alkyl or cyclic N) is 1. The maximum Gasteiger partial charge on any atom is 0.300 e. The van der Waals surface area contributed by atoms with E-state index in [1.807, 2.05) is 34.9 Å². The normalized spacial score (nSPS) is 22.3. The van der Waals surface area contributed by atoms with Gasteiger partial charge < -0.3 is 34.5 Å². The zero-order valence-electron chi connectivity index (χ0n) is 19.8. The fraction of sp³-hybridized carbons (Fsp3) is 0.417. The fourth-order valence-corrected chi connectivity index (χ4v) is 4.82. The molecule has 1 unspecified atom stereocenters. The van der Waals surface area contributed by atoms with Gasteiger partial charge in [-0.2, -0.15) is 4.98 Å². The number of primary amides is 1. The number of hydrogen-bond acceptors (Lipinski definition) is 11. The van der Waals surface area contributed by atoms with Crippen LogP contribution in [0.3, 0.4) is 0 Å². The highest BCUT2D eigenvalue weighted by Gasteiger charge is 2.38. The summed E-state index contributed by atoms with van der Waals surface area (Å²) in [6.45, 7) is 5.43. The van der Waals surface area contributed by atoms with Crippen molar-refractivity contribution >= 4 is 34.7 Å². The van der Waals surface area contributed by atoms with Crippen molar-refractivity contribution in [3.05, 3.63) is 47.6 Å². The molecule has 2 fully saturated rings. The van der Waals surface area contributed by atoms with Crippen LogP contribution in [0.1, 0.15) is 23.9 Å². The molecule has 0 saturated carbocycles. The topological polar surface area (TPSA) is 143 Å². The van der Waals surface area contributed by atoms with E-state index in [4.69, 9.17) is 24.6 Å². The highest BCUT2D eigenvalue weighted by atomic mass is 16.5. The van der Waals surface area contributed by atoms with E-state index in [0.29, 0.717) is 74.6 Å². The number of fused-ring (bicyclic) bond motifs is 1. The van der Waals surface area contributed by atoms with Crippen molar-refractivity contribution in [3.8, 4) is 0 Å². The standard InChI is InChI=1S/C24H27N7O5/c1-14-10-15(2-4-26-14)23-31(18(13-35-23)20(25)33)17-11-19-21(27-22(17)30-5-3-16(32)12-30)28-24(36-19)29-6-8-34-9-7-29/h2,4,10-11,13,16,23,32H,3,5-9,12H2,1H3,(H2,25,33)/t16?,23-/m1/s1. The number of aromatic nitrogens is 3. The number of pyridine rings is 2. The summed E-state index contributed by atoms with van der Waals surface area (Å²) in [4.78, 5) is 32.0. The number of hydrogen-bond donors (Lipinski definition) is 2. The van der Waals surface area contributed by atoms with Crippen LogP contribution >= 0.6 is 0 Å². The van der Waals surface area contributed by atoms with Gasteiger partial charge >= 0.3 is 0 Å². The lowest BCUT2D eigenvalue weighted by Crippen LogP contribution is -2.36. The van der Waals surface area contributed by atoms with Crippen molar-refractivity contribution in [3.63, 3.8) is 0 Å². The molecular formula is C24H27N7O5. The second kappa shape index (κ2) is 8.95. The van der Waals surface area contributed by atoms with Gasteiger partial charge in [0.15, 0.2) is 11.4 Å². The smallest absolute Gasteiger partial charge is 0.300 e. The van der Waals surface area contributed by atoms with Crippen LogP contribution in [0, 0.1) is 6.92 Å². The number of aliphatic hydroxyl groups excluding tert-OH is 1. The minimum absolute atomic E-state index is 0.185. The Kier molecular flexibility index (Phi) is 5.61. The van der Waals surface area contributed by atoms with Gasteiger partial charge in [-0.1, -0.05) is 0 Å². The summed E-state index contributed by atoms with van der Waals surface area (Å²) >= 11 is 0. The maximum atomic E-state index is 12.5. The first-order chi connectivity index (χ1) is 17.5. The van der Waals surface area contributed by atoms with E-state index >= 15 is 0 Å². The predicted molar refractivity (Wildman–Crippen MR) is 130 cm³/mol. The molecule has 3 N–H and O–H groups in total. The Balaban J connectivity index is 1.49. The van der Waals surface area contributed by atoms with E-state index < -0.39 is 18.2 Å². The van der Waals surface area contributed by atoms with Crippen LogP contribution < -0.4 is 20.4 Å². The number of morpholine rings is 1. The van der Waals surface area contributed by atoms with Crippen LogP contribution in [-0.4, -0.2) is 71.5 Å². The Labute approximate surface area is 206 Å². The SMILES string of the molecule is Cc1cc([C@H]2OC=C(C(N)=O)N2c2cc3oc(N4CCOCC4)nc3nc2N2CCC(O)C2)ccn1. The summed E-state index contributed by atoms with van der Waals surface area (Å²) < 4.78 is 17.5. The van der Waals surface area contributed by atoms with Gasteiger partial charge in [-0.15, -0.1) is 0 Å². The average molecular weight is 494 g/mol. The largest absolute Gasteiger partial charge is 0.471 e. The maximum absolute atomic E-state index is 12.5. The number of carbonyl (C=O) groups excluding carboxylic acids is 1. The summed E-state index contributed by atoms with van der Waals surface area (Å²) in [7, 11) is 0. The van der Waals surface area contributed by atoms with E-state index in [1.165, 1.54) is 6.26 Å². The molecule has 12 nitrogen and oxygen atoms in total. The molecule has 3 aliphatic rings. The van der Waals surface area contributed by atoms with Crippen molar-refractivity contribution in [2.24, 2.45) is 5.73 Å². The molecule has 3 aromatic rings. The van der Waals surface area contributed by atoms with Gasteiger partial charge in [0.05, 0.1) is 25.0 Å². The first kappa shape index (κ1) is 22.6. The average Bonchev–Trinajstić information content (AvgIpc) is 3.61. The molecule has 0 spiro atoms. The van der Waals surface area contributed by atoms with E-state index in [1.54, 1.807) is 11.1 Å². The number of carbonyl (C=O) groups is 1. The molecule has 0 radical (unpaired) electrons. The van der Waals surface area contributed by atoms with E-state index in [0.717, 1.165) is 11.3 Å². The number of nitrogens with zero attached hydrogens (tertiary/aromatic N) is 6. The minimum Gasteiger partial charge on any atom is -0.471 e. The second-order valence-corrected chi connectivity index (χ2v) is 9.09. The van der Waals surface area contributed by atoms with E-state index in [2.05, 4.69) is 9.97 Å². The Morgan fingerprint density at radius 3 is 2.72 bits per heavy atom. The fourth-order valence-electron chi connectivity index (χ4n) is 4.82. The molecule has 0 aromatic carbocycles. The second-order valence-electron chi connectivity index (χ2n) is 9.09. The lowest BCUT2D eigenvalue weighted by Gasteiger charge is -2.30. The lowest BCUT2D eigenvalue weighted by molar-refractivity contribution is -0.114. The van der Waals surface area contributed by atoms with Gasteiger partial charge in [0.1, 0.15) is 12.0 Å². The first-order valence-corrected chi connectivity index (χ1v) is 11.9. The molecule has 12 heteroatoms. The molecule has 6 rings (SSSR count). The molecule has 0 bridgehead atoms. The molecule has 36 heavy (non-hydrogen) atoms. The van der Waals surface area contributed by atoms with Crippen LogP contribution in [0.5, 0.6) is 0 Å². The Bertz CT molecular complexity index is 1340. The third-order valence-corrected chi connectivity index (χ3v) is 6.60. The highest BCUT2D eigenvalue weighted by molar-refractivity contribution is 5.98. The van der Waals surface area contributed by atoms with Crippen LogP contribution in [0.2, 0.25) is 0 Å². The third kappa shape index (κ3) is 3.97. The van der Waals surface area contributed by atoms with E-state index in [-0.39, 0.29) is 5.70 Å². The molecule has 6 heterocycles. The predicted octanol–water partition coefficient (Wildman–Crippen LogP) is 1.20. The molecule has 3 aliphatic heterocycles. The van der Waals surface area contributed by atoms with Crippen molar-refractivity contribution in [2.45, 2.75) is 25.7 Å². The lowest BCUT2D eigenvalue weighted by atomic mass is 10.1. The number of ether oxygens (including phenoxy) is 2. The number of nitrogens with two attached hydrogens (primary N) is 1. The van der Waals surface area contributed by atoms with Gasteiger partial charge in [-0.25, -0.2) is 4.98 Å². The molecule has 2 atom stereocenters. The van der Waals surface area contributed by atoms with Gasteiger partial charge in [0.25, 0.3) is 11.9 Å². The van der Waals surface area contributed by atoms with Crippen molar-refractivity contribution in [1.82, 2.24) is 15.0 Å². The molecule has 0 aliphatic carbocycles. The molecule has 1 amide bonds. The van der Waals surface area contributed by atoms with Crippen LogP contribution in [0.25, 0.3) is 11.2 Å². The Hall–Kier alpha value is -3.90. The van der Waals surface area contributed by atoms with Crippen LogP contribution in [0.4, 0.5) is 17.5 Å². The summed E-state index contributed by atoms with van der Waals surface area (Å²) in [5.74, 6) is -0.0725. The Morgan fingerprint density at radius 2 is 2.00 bits per heavy atom. The van der Waals surface area contributed by atoms with Crippen LogP contribution in [-0.2, 0) is 14.3 Å². The summed E-state index contributed by atoms with van der Waals surface area (Å²) in [6, 6.07) is 6.01. The number of rotatable bonds is 5. The molecular weight excluding hydrogens is 466 g/mol. The summed E-state index contributed by atoms with van der Waals surface area (Å²) in [5, 5.41) is 10.3. The van der Waals surface area contributed by atoms with Crippen molar-refractivity contribution < 1.29 is 23.8 Å². The zero-order valence-corrected chi connectivity index (χ0v) is 19.8. The summed E-state index contributed by atoms with van der Waals surface area (Å²) in [5.41, 5.74) is 9.04. The quantitative estimate of drug-likeness (QED) is 0.529. The summed E-state index contributed by atoms with van der Waals surface area (Å²) in [6.07, 6.45) is 2.53. The molecule has 188 valence electrons. The third-order valence-electron chi connectivity index (χ3n) is 6.60. The van der Waals surface area contributed by atoms with E-state index in [9.17, 15) is 9.90 Å². The zero-order chi connectivity index (χ0) is 24.8. The van der Waals surface area contributed by atoms with Gasteiger partial charge in [0.2, 0.25) is 11.9 Å². The first-order valence-electron chi connectivity index (χ1n) is 11.9. The number of aliphatic hydroxyl groups is 1. The number of amides is 1.